The molecule has 15 heavy (non-hydrogen) atoms. The SMILES string of the molecule is CNc1ccc(CC(C)NC(C)=O)cc1. The van der Waals surface area contributed by atoms with E-state index >= 15 is 0 Å². The standard InChI is InChI=1S/C12H18N2O/c1-9(14-10(2)15)8-11-4-6-12(13-3)7-5-11/h4-7,9,13H,8H2,1-3H3,(H,14,15). The third-order valence-electron chi connectivity index (χ3n) is 2.23. The van der Waals surface area contributed by atoms with Gasteiger partial charge in [0.05, 0.1) is 0 Å². The van der Waals surface area contributed by atoms with Gasteiger partial charge in [-0.25, -0.2) is 0 Å². The summed E-state index contributed by atoms with van der Waals surface area (Å²) in [6, 6.07) is 8.41. The van der Waals surface area contributed by atoms with Gasteiger partial charge in [-0.2, -0.15) is 0 Å². The van der Waals surface area contributed by atoms with E-state index in [9.17, 15) is 4.79 Å². The van der Waals surface area contributed by atoms with E-state index in [4.69, 9.17) is 0 Å². The van der Waals surface area contributed by atoms with Crippen LogP contribution in [0, 0.1) is 0 Å². The fourth-order valence-corrected chi connectivity index (χ4v) is 1.56. The topological polar surface area (TPSA) is 41.1 Å². The lowest BCUT2D eigenvalue weighted by molar-refractivity contribution is -0.119. The van der Waals surface area contributed by atoms with E-state index in [0.717, 1.165) is 12.1 Å². The Morgan fingerprint density at radius 2 is 1.93 bits per heavy atom. The molecule has 1 rings (SSSR count). The van der Waals surface area contributed by atoms with Crippen molar-refractivity contribution in [3.8, 4) is 0 Å². The zero-order valence-corrected chi connectivity index (χ0v) is 9.50. The predicted octanol–water partition coefficient (Wildman–Crippen LogP) is 1.80. The average Bonchev–Trinajstić information content (AvgIpc) is 2.17. The van der Waals surface area contributed by atoms with Gasteiger partial charge in [0.1, 0.15) is 0 Å². The molecule has 0 bridgehead atoms. The largest absolute Gasteiger partial charge is 0.388 e. The molecule has 82 valence electrons. The quantitative estimate of drug-likeness (QED) is 0.788. The maximum atomic E-state index is 10.8. The summed E-state index contributed by atoms with van der Waals surface area (Å²) in [6.07, 6.45) is 0.865. The van der Waals surface area contributed by atoms with Crippen molar-refractivity contribution in [1.29, 1.82) is 0 Å². The van der Waals surface area contributed by atoms with E-state index in [2.05, 4.69) is 22.8 Å². The normalized spacial score (nSPS) is 11.9. The van der Waals surface area contributed by atoms with Gasteiger partial charge in [0.15, 0.2) is 0 Å². The molecule has 0 heterocycles. The van der Waals surface area contributed by atoms with E-state index in [0.29, 0.717) is 0 Å². The van der Waals surface area contributed by atoms with Crippen molar-refractivity contribution in [1.82, 2.24) is 5.32 Å². The lowest BCUT2D eigenvalue weighted by Gasteiger charge is -2.12. The summed E-state index contributed by atoms with van der Waals surface area (Å²) in [5, 5.41) is 5.94. The van der Waals surface area contributed by atoms with Gasteiger partial charge in [0.25, 0.3) is 0 Å². The first-order valence-corrected chi connectivity index (χ1v) is 5.15. The molecule has 0 fully saturated rings. The molecule has 1 aromatic carbocycles. The highest BCUT2D eigenvalue weighted by Gasteiger charge is 2.04. The Morgan fingerprint density at radius 1 is 1.33 bits per heavy atom. The van der Waals surface area contributed by atoms with Crippen LogP contribution < -0.4 is 10.6 Å². The molecule has 0 aliphatic heterocycles. The van der Waals surface area contributed by atoms with E-state index in [1.807, 2.05) is 26.1 Å². The van der Waals surface area contributed by atoms with Gasteiger partial charge in [-0.05, 0) is 31.0 Å². The number of carbonyl (C=O) groups is 1. The zero-order chi connectivity index (χ0) is 11.3. The van der Waals surface area contributed by atoms with Crippen LogP contribution in [0.3, 0.4) is 0 Å². The smallest absolute Gasteiger partial charge is 0.217 e. The summed E-state index contributed by atoms with van der Waals surface area (Å²) in [6.45, 7) is 3.55. The lowest BCUT2D eigenvalue weighted by Crippen LogP contribution is -2.31. The van der Waals surface area contributed by atoms with Crippen molar-refractivity contribution < 1.29 is 4.79 Å². The molecule has 2 N–H and O–H groups in total. The van der Waals surface area contributed by atoms with Crippen LogP contribution in [0.1, 0.15) is 19.4 Å². The minimum Gasteiger partial charge on any atom is -0.388 e. The molecule has 0 aliphatic carbocycles. The first kappa shape index (κ1) is 11.6. The second-order valence-electron chi connectivity index (χ2n) is 3.75. The third kappa shape index (κ3) is 4.02. The monoisotopic (exact) mass is 206 g/mol. The highest BCUT2D eigenvalue weighted by atomic mass is 16.1. The maximum Gasteiger partial charge on any atom is 0.217 e. The molecule has 3 heteroatoms. The molecular weight excluding hydrogens is 188 g/mol. The minimum absolute atomic E-state index is 0.0225. The van der Waals surface area contributed by atoms with Crippen molar-refractivity contribution in [2.24, 2.45) is 0 Å². The predicted molar refractivity (Wildman–Crippen MR) is 63.0 cm³/mol. The molecular formula is C12H18N2O. The summed E-state index contributed by atoms with van der Waals surface area (Å²) < 4.78 is 0. The number of nitrogens with one attached hydrogen (secondary N) is 2. The van der Waals surface area contributed by atoms with Crippen LogP contribution >= 0.6 is 0 Å². The van der Waals surface area contributed by atoms with Gasteiger partial charge in [0, 0.05) is 25.7 Å². The Hall–Kier alpha value is -1.51. The third-order valence-corrected chi connectivity index (χ3v) is 2.23. The van der Waals surface area contributed by atoms with Gasteiger partial charge in [0.2, 0.25) is 5.91 Å². The van der Waals surface area contributed by atoms with E-state index in [-0.39, 0.29) is 11.9 Å². The van der Waals surface area contributed by atoms with Crippen molar-refractivity contribution >= 4 is 11.6 Å². The molecule has 1 unspecified atom stereocenters. The molecule has 3 nitrogen and oxygen atoms in total. The molecule has 0 saturated carbocycles. The first-order chi connectivity index (χ1) is 7.11. The number of amides is 1. The van der Waals surface area contributed by atoms with Crippen LogP contribution in [-0.4, -0.2) is 19.0 Å². The number of hydrogen-bond donors (Lipinski definition) is 2. The Labute approximate surface area is 90.9 Å². The molecule has 1 amide bonds. The van der Waals surface area contributed by atoms with Crippen LogP contribution in [0.2, 0.25) is 0 Å². The van der Waals surface area contributed by atoms with Crippen molar-refractivity contribution in [3.63, 3.8) is 0 Å². The summed E-state index contributed by atoms with van der Waals surface area (Å²) in [7, 11) is 1.90. The Balaban J connectivity index is 2.53. The fraction of sp³-hybridized carbons (Fsp3) is 0.417. The van der Waals surface area contributed by atoms with Crippen LogP contribution in [0.25, 0.3) is 0 Å². The number of rotatable bonds is 4. The first-order valence-electron chi connectivity index (χ1n) is 5.15. The second-order valence-corrected chi connectivity index (χ2v) is 3.75. The fourth-order valence-electron chi connectivity index (χ4n) is 1.56. The number of carbonyl (C=O) groups excluding carboxylic acids is 1. The second kappa shape index (κ2) is 5.39. The summed E-state index contributed by atoms with van der Waals surface area (Å²) >= 11 is 0. The summed E-state index contributed by atoms with van der Waals surface area (Å²) in [5.74, 6) is 0.0225. The van der Waals surface area contributed by atoms with Gasteiger partial charge in [-0.15, -0.1) is 0 Å². The lowest BCUT2D eigenvalue weighted by atomic mass is 10.1. The molecule has 0 radical (unpaired) electrons. The number of benzene rings is 1. The van der Waals surface area contributed by atoms with E-state index in [1.165, 1.54) is 5.56 Å². The number of anilines is 1. The van der Waals surface area contributed by atoms with Gasteiger partial charge in [-0.1, -0.05) is 12.1 Å². The summed E-state index contributed by atoms with van der Waals surface area (Å²) in [4.78, 5) is 10.8. The number of hydrogen-bond acceptors (Lipinski definition) is 2. The van der Waals surface area contributed by atoms with Crippen molar-refractivity contribution in [2.45, 2.75) is 26.3 Å². The van der Waals surface area contributed by atoms with Gasteiger partial charge < -0.3 is 10.6 Å². The Morgan fingerprint density at radius 3 is 2.40 bits per heavy atom. The summed E-state index contributed by atoms with van der Waals surface area (Å²) in [5.41, 5.74) is 2.33. The van der Waals surface area contributed by atoms with Crippen molar-refractivity contribution in [3.05, 3.63) is 29.8 Å². The molecule has 0 saturated heterocycles. The molecule has 0 aliphatic rings. The minimum atomic E-state index is 0.0225. The van der Waals surface area contributed by atoms with Crippen LogP contribution in [-0.2, 0) is 11.2 Å². The average molecular weight is 206 g/mol. The maximum absolute atomic E-state index is 10.8. The Kier molecular flexibility index (Phi) is 4.16. The van der Waals surface area contributed by atoms with E-state index < -0.39 is 0 Å². The molecule has 0 spiro atoms. The molecule has 1 aromatic rings. The van der Waals surface area contributed by atoms with Crippen LogP contribution in [0.15, 0.2) is 24.3 Å². The van der Waals surface area contributed by atoms with Crippen LogP contribution in [0.5, 0.6) is 0 Å². The van der Waals surface area contributed by atoms with Gasteiger partial charge in [-0.3, -0.25) is 4.79 Å². The highest BCUT2D eigenvalue weighted by Crippen LogP contribution is 2.10. The molecule has 1 atom stereocenters. The Bertz CT molecular complexity index is 319. The highest BCUT2D eigenvalue weighted by molar-refractivity contribution is 5.73. The van der Waals surface area contributed by atoms with Crippen molar-refractivity contribution in [2.75, 3.05) is 12.4 Å². The molecule has 0 aromatic heterocycles. The van der Waals surface area contributed by atoms with E-state index in [1.54, 1.807) is 6.92 Å². The zero-order valence-electron chi connectivity index (χ0n) is 9.50. The van der Waals surface area contributed by atoms with Gasteiger partial charge >= 0.3 is 0 Å². The van der Waals surface area contributed by atoms with Crippen LogP contribution in [0.4, 0.5) is 5.69 Å².